The quantitative estimate of drug-likeness (QED) is 0.697. The molecular formula is C14H23NO3. The van der Waals surface area contributed by atoms with Gasteiger partial charge in [-0.05, 0) is 38.0 Å². The molecule has 0 spiro atoms. The van der Waals surface area contributed by atoms with E-state index in [4.69, 9.17) is 9.84 Å². The fraction of sp³-hybridized carbons (Fsp3) is 0.571. The summed E-state index contributed by atoms with van der Waals surface area (Å²) in [6.07, 6.45) is 1.65. The van der Waals surface area contributed by atoms with Crippen molar-refractivity contribution in [1.82, 2.24) is 5.32 Å². The van der Waals surface area contributed by atoms with Crippen molar-refractivity contribution in [2.75, 3.05) is 13.7 Å². The standard InChI is InChI=1S/C14H23NO3/c1-4-11(7-8-16)15-10(2)13-9-12(18-3)5-6-14(13)17/h5-6,9-11,15-17H,4,7-8H2,1-3H3. The number of phenolic OH excluding ortho intramolecular Hbond substituents is 1. The number of aromatic hydroxyl groups is 1. The van der Waals surface area contributed by atoms with E-state index in [1.165, 1.54) is 0 Å². The lowest BCUT2D eigenvalue weighted by molar-refractivity contribution is 0.256. The van der Waals surface area contributed by atoms with Crippen molar-refractivity contribution in [3.05, 3.63) is 23.8 Å². The number of ether oxygens (including phenoxy) is 1. The van der Waals surface area contributed by atoms with Crippen molar-refractivity contribution in [1.29, 1.82) is 0 Å². The Bertz CT molecular complexity index is 368. The van der Waals surface area contributed by atoms with Gasteiger partial charge in [0.25, 0.3) is 0 Å². The molecule has 0 saturated carbocycles. The van der Waals surface area contributed by atoms with Crippen LogP contribution in [0.5, 0.6) is 11.5 Å². The molecule has 1 aromatic carbocycles. The lowest BCUT2D eigenvalue weighted by Gasteiger charge is -2.23. The van der Waals surface area contributed by atoms with Gasteiger partial charge in [-0.1, -0.05) is 6.92 Å². The second-order valence-electron chi connectivity index (χ2n) is 4.43. The maximum atomic E-state index is 9.87. The number of nitrogens with one attached hydrogen (secondary N) is 1. The fourth-order valence-electron chi connectivity index (χ4n) is 2.01. The maximum Gasteiger partial charge on any atom is 0.120 e. The molecule has 1 rings (SSSR count). The third-order valence-electron chi connectivity index (χ3n) is 3.16. The Balaban J connectivity index is 2.78. The topological polar surface area (TPSA) is 61.7 Å². The molecule has 3 N–H and O–H groups in total. The molecule has 0 aliphatic carbocycles. The molecule has 0 saturated heterocycles. The van der Waals surface area contributed by atoms with Gasteiger partial charge in [0.15, 0.2) is 0 Å². The highest BCUT2D eigenvalue weighted by Gasteiger charge is 2.15. The summed E-state index contributed by atoms with van der Waals surface area (Å²) < 4.78 is 5.16. The smallest absolute Gasteiger partial charge is 0.120 e. The van der Waals surface area contributed by atoms with Crippen LogP contribution in [0.4, 0.5) is 0 Å². The third kappa shape index (κ3) is 3.89. The van der Waals surface area contributed by atoms with E-state index < -0.39 is 0 Å². The van der Waals surface area contributed by atoms with Crippen LogP contribution in [0, 0.1) is 0 Å². The number of hydrogen-bond donors (Lipinski definition) is 3. The first-order valence-corrected chi connectivity index (χ1v) is 6.36. The first kappa shape index (κ1) is 14.8. The Morgan fingerprint density at radius 3 is 2.67 bits per heavy atom. The average Bonchev–Trinajstić information content (AvgIpc) is 2.38. The van der Waals surface area contributed by atoms with Gasteiger partial charge in [-0.15, -0.1) is 0 Å². The van der Waals surface area contributed by atoms with Gasteiger partial charge in [0.1, 0.15) is 11.5 Å². The number of rotatable bonds is 7. The Labute approximate surface area is 109 Å². The summed E-state index contributed by atoms with van der Waals surface area (Å²) >= 11 is 0. The van der Waals surface area contributed by atoms with E-state index in [9.17, 15) is 5.11 Å². The summed E-state index contributed by atoms with van der Waals surface area (Å²) in [4.78, 5) is 0. The molecule has 0 amide bonds. The molecule has 0 aromatic heterocycles. The molecule has 4 nitrogen and oxygen atoms in total. The van der Waals surface area contributed by atoms with Gasteiger partial charge < -0.3 is 20.3 Å². The third-order valence-corrected chi connectivity index (χ3v) is 3.16. The molecule has 4 heteroatoms. The zero-order chi connectivity index (χ0) is 13.5. The minimum absolute atomic E-state index is 0.0107. The van der Waals surface area contributed by atoms with Gasteiger partial charge in [-0.3, -0.25) is 0 Å². The van der Waals surface area contributed by atoms with E-state index in [0.29, 0.717) is 6.42 Å². The maximum absolute atomic E-state index is 9.87. The largest absolute Gasteiger partial charge is 0.508 e. The van der Waals surface area contributed by atoms with Gasteiger partial charge in [0.05, 0.1) is 7.11 Å². The molecule has 0 heterocycles. The van der Waals surface area contributed by atoms with Crippen LogP contribution in [0.1, 0.15) is 38.3 Å². The zero-order valence-corrected chi connectivity index (χ0v) is 11.3. The first-order chi connectivity index (χ1) is 8.62. The van der Waals surface area contributed by atoms with E-state index in [0.717, 1.165) is 17.7 Å². The molecule has 18 heavy (non-hydrogen) atoms. The zero-order valence-electron chi connectivity index (χ0n) is 11.3. The predicted octanol–water partition coefficient (Wildman–Crippen LogP) is 2.21. The van der Waals surface area contributed by atoms with Crippen LogP contribution in [0.2, 0.25) is 0 Å². The van der Waals surface area contributed by atoms with Crippen LogP contribution >= 0.6 is 0 Å². The highest BCUT2D eigenvalue weighted by Crippen LogP contribution is 2.28. The Morgan fingerprint density at radius 1 is 1.39 bits per heavy atom. The molecule has 102 valence electrons. The molecule has 0 fully saturated rings. The fourth-order valence-corrected chi connectivity index (χ4v) is 2.01. The van der Waals surface area contributed by atoms with E-state index in [2.05, 4.69) is 12.2 Å². The highest BCUT2D eigenvalue weighted by molar-refractivity contribution is 5.41. The number of benzene rings is 1. The summed E-state index contributed by atoms with van der Waals surface area (Å²) in [5.41, 5.74) is 0.811. The summed E-state index contributed by atoms with van der Waals surface area (Å²) in [5, 5.41) is 22.3. The normalized spacial score (nSPS) is 14.2. The number of hydrogen-bond acceptors (Lipinski definition) is 4. The van der Waals surface area contributed by atoms with Gasteiger partial charge in [0.2, 0.25) is 0 Å². The van der Waals surface area contributed by atoms with Gasteiger partial charge >= 0.3 is 0 Å². The number of phenols is 1. The molecule has 2 unspecified atom stereocenters. The molecular weight excluding hydrogens is 230 g/mol. The Hall–Kier alpha value is -1.26. The van der Waals surface area contributed by atoms with Crippen molar-refractivity contribution in [2.45, 2.75) is 38.8 Å². The van der Waals surface area contributed by atoms with E-state index >= 15 is 0 Å². The minimum Gasteiger partial charge on any atom is -0.508 e. The summed E-state index contributed by atoms with van der Waals surface area (Å²) in [5.74, 6) is 0.987. The van der Waals surface area contributed by atoms with Gasteiger partial charge in [-0.25, -0.2) is 0 Å². The van der Waals surface area contributed by atoms with Crippen molar-refractivity contribution < 1.29 is 14.9 Å². The molecule has 2 atom stereocenters. The number of aliphatic hydroxyl groups is 1. The summed E-state index contributed by atoms with van der Waals surface area (Å²) in [6.45, 7) is 4.24. The Morgan fingerprint density at radius 2 is 2.11 bits per heavy atom. The molecule has 0 aliphatic heterocycles. The van der Waals surface area contributed by atoms with Gasteiger partial charge in [-0.2, -0.15) is 0 Å². The molecule has 1 aromatic rings. The Kier molecular flexibility index (Phi) is 5.95. The van der Waals surface area contributed by atoms with Crippen molar-refractivity contribution in [3.63, 3.8) is 0 Å². The van der Waals surface area contributed by atoms with Crippen molar-refractivity contribution >= 4 is 0 Å². The van der Waals surface area contributed by atoms with Gasteiger partial charge in [0, 0.05) is 24.3 Å². The lowest BCUT2D eigenvalue weighted by Crippen LogP contribution is -2.31. The second kappa shape index (κ2) is 7.24. The predicted molar refractivity (Wildman–Crippen MR) is 72.0 cm³/mol. The second-order valence-corrected chi connectivity index (χ2v) is 4.43. The lowest BCUT2D eigenvalue weighted by atomic mass is 10.0. The summed E-state index contributed by atoms with van der Waals surface area (Å²) in [6, 6.07) is 5.46. The van der Waals surface area contributed by atoms with E-state index in [1.54, 1.807) is 19.2 Å². The van der Waals surface area contributed by atoms with Crippen LogP contribution in [-0.2, 0) is 0 Å². The SMILES string of the molecule is CCC(CCO)NC(C)c1cc(OC)ccc1O. The molecule has 0 bridgehead atoms. The average molecular weight is 253 g/mol. The monoisotopic (exact) mass is 253 g/mol. The molecule has 0 aliphatic rings. The number of aliphatic hydroxyl groups excluding tert-OH is 1. The van der Waals surface area contributed by atoms with Crippen LogP contribution < -0.4 is 10.1 Å². The van der Waals surface area contributed by atoms with Crippen molar-refractivity contribution in [2.24, 2.45) is 0 Å². The van der Waals surface area contributed by atoms with E-state index in [-0.39, 0.29) is 24.4 Å². The van der Waals surface area contributed by atoms with Crippen LogP contribution in [0.25, 0.3) is 0 Å². The van der Waals surface area contributed by atoms with Crippen LogP contribution in [0.3, 0.4) is 0 Å². The van der Waals surface area contributed by atoms with Crippen molar-refractivity contribution in [3.8, 4) is 11.5 Å². The van der Waals surface area contributed by atoms with Crippen LogP contribution in [-0.4, -0.2) is 30.0 Å². The number of methoxy groups -OCH3 is 1. The minimum atomic E-state index is 0.0107. The summed E-state index contributed by atoms with van der Waals surface area (Å²) in [7, 11) is 1.61. The van der Waals surface area contributed by atoms with E-state index in [1.807, 2.05) is 13.0 Å². The highest BCUT2D eigenvalue weighted by atomic mass is 16.5. The molecule has 0 radical (unpaired) electrons. The van der Waals surface area contributed by atoms with Crippen LogP contribution in [0.15, 0.2) is 18.2 Å². The first-order valence-electron chi connectivity index (χ1n) is 6.36.